The van der Waals surface area contributed by atoms with Crippen molar-refractivity contribution in [2.24, 2.45) is 28.6 Å². The quantitative estimate of drug-likeness (QED) is 0.416. The Balaban J connectivity index is 1.38. The number of allylic oxidation sites excluding steroid dienone is 2. The zero-order valence-electron chi connectivity index (χ0n) is 18.8. The second kappa shape index (κ2) is 7.05. The predicted molar refractivity (Wildman–Crippen MR) is 135 cm³/mol. The van der Waals surface area contributed by atoms with Gasteiger partial charge in [-0.1, -0.05) is 53.9 Å². The van der Waals surface area contributed by atoms with Crippen LogP contribution in [0.25, 0.3) is 16.1 Å². The lowest BCUT2D eigenvalue weighted by molar-refractivity contribution is -0.0886. The number of halogens is 1. The molecule has 0 spiro atoms. The van der Waals surface area contributed by atoms with E-state index in [2.05, 4.69) is 66.0 Å². The van der Waals surface area contributed by atoms with Gasteiger partial charge in [0.25, 0.3) is 0 Å². The van der Waals surface area contributed by atoms with Crippen molar-refractivity contribution >= 4 is 32.8 Å². The molecule has 0 bridgehead atoms. The van der Waals surface area contributed by atoms with Gasteiger partial charge in [-0.15, -0.1) is 17.8 Å². The first-order valence-corrected chi connectivity index (χ1v) is 13.6. The molecular formula is C28H30BrNOS. The number of hydrogen-bond acceptors (Lipinski definition) is 3. The van der Waals surface area contributed by atoms with Gasteiger partial charge in [-0.2, -0.15) is 0 Å². The van der Waals surface area contributed by atoms with E-state index in [1.165, 1.54) is 29.0 Å². The van der Waals surface area contributed by atoms with Gasteiger partial charge in [0.2, 0.25) is 0 Å². The summed E-state index contributed by atoms with van der Waals surface area (Å²) in [7, 11) is 0. The summed E-state index contributed by atoms with van der Waals surface area (Å²) >= 11 is 5.42. The number of aryl methyl sites for hydroxylation is 1. The summed E-state index contributed by atoms with van der Waals surface area (Å²) in [6, 6.07) is 8.52. The number of fused-ring (bicyclic) bond motifs is 7. The number of rotatable bonds is 1. The molecule has 0 amide bonds. The first-order chi connectivity index (χ1) is 15.3. The maximum atomic E-state index is 11.2. The Morgan fingerprint density at radius 2 is 1.88 bits per heavy atom. The highest BCUT2D eigenvalue weighted by Crippen LogP contribution is 2.68. The van der Waals surface area contributed by atoms with Crippen LogP contribution in [0.5, 0.6) is 0 Å². The normalized spacial score (nSPS) is 39.8. The summed E-state index contributed by atoms with van der Waals surface area (Å²) in [6.45, 7) is 4.79. The van der Waals surface area contributed by atoms with Crippen LogP contribution < -0.4 is 0 Å². The highest BCUT2D eigenvalue weighted by Gasteiger charge is 2.63. The van der Waals surface area contributed by atoms with E-state index >= 15 is 0 Å². The Hall–Kier alpha value is -1.41. The van der Waals surface area contributed by atoms with Crippen LogP contribution in [0.2, 0.25) is 0 Å². The van der Waals surface area contributed by atoms with Crippen LogP contribution in [-0.2, 0) is 6.42 Å². The standard InChI is InChI=1S/C28H30BrNOS/c1-4-28(31)16-12-21-19-9-10-22-24-23(30-25(32-24)17-5-7-18(29)8-6-17)13-14-26(22,2)20(19)11-15-27(21,28)3/h1,5-8,10,19-21,31H,9,11-16H2,2-3H3/t19-,20+,21+,26-,27+,28+/m1/s1. The highest BCUT2D eigenvalue weighted by molar-refractivity contribution is 9.10. The second-order valence-corrected chi connectivity index (χ2v) is 12.9. The van der Waals surface area contributed by atoms with Gasteiger partial charge in [0.05, 0.1) is 10.6 Å². The Bertz CT molecular complexity index is 1160. The summed E-state index contributed by atoms with van der Waals surface area (Å²) in [6.07, 6.45) is 15.8. The molecule has 4 aliphatic carbocycles. The van der Waals surface area contributed by atoms with Gasteiger partial charge in [0.15, 0.2) is 0 Å². The smallest absolute Gasteiger partial charge is 0.130 e. The molecule has 32 heavy (non-hydrogen) atoms. The van der Waals surface area contributed by atoms with Crippen LogP contribution in [0.3, 0.4) is 0 Å². The second-order valence-electron chi connectivity index (χ2n) is 10.9. The number of terminal acetylenes is 1. The molecule has 2 fully saturated rings. The lowest BCUT2D eigenvalue weighted by Crippen LogP contribution is -2.53. The number of benzene rings is 1. The highest BCUT2D eigenvalue weighted by atomic mass is 79.9. The fourth-order valence-corrected chi connectivity index (χ4v) is 9.40. The monoisotopic (exact) mass is 507 g/mol. The van der Waals surface area contributed by atoms with E-state index in [0.717, 1.165) is 41.6 Å². The lowest BCUT2D eigenvalue weighted by Gasteiger charge is -2.57. The average Bonchev–Trinajstić information content (AvgIpc) is 3.33. The third kappa shape index (κ3) is 2.71. The first-order valence-electron chi connectivity index (χ1n) is 12.0. The van der Waals surface area contributed by atoms with Gasteiger partial charge < -0.3 is 5.11 Å². The molecule has 4 heteroatoms. The summed E-state index contributed by atoms with van der Waals surface area (Å²) in [5, 5.41) is 12.4. The van der Waals surface area contributed by atoms with Crippen LogP contribution >= 0.6 is 27.3 Å². The molecule has 2 nitrogen and oxygen atoms in total. The molecule has 1 N–H and O–H groups in total. The van der Waals surface area contributed by atoms with Gasteiger partial charge >= 0.3 is 0 Å². The average molecular weight is 509 g/mol. The van der Waals surface area contributed by atoms with Gasteiger partial charge in [0, 0.05) is 15.5 Å². The predicted octanol–water partition coefficient (Wildman–Crippen LogP) is 7.12. The number of hydrogen-bond donors (Lipinski definition) is 1. The van der Waals surface area contributed by atoms with E-state index in [0.29, 0.717) is 17.8 Å². The van der Waals surface area contributed by atoms with Gasteiger partial charge in [-0.05, 0) is 85.8 Å². The van der Waals surface area contributed by atoms with Crippen molar-refractivity contribution in [3.63, 3.8) is 0 Å². The first kappa shape index (κ1) is 21.1. The fraction of sp³-hybridized carbons (Fsp3) is 0.536. The van der Waals surface area contributed by atoms with E-state index < -0.39 is 5.60 Å². The lowest BCUT2D eigenvalue weighted by atomic mass is 9.47. The minimum Gasteiger partial charge on any atom is -0.377 e. The molecule has 0 aliphatic heterocycles. The zero-order valence-corrected chi connectivity index (χ0v) is 21.2. The van der Waals surface area contributed by atoms with Crippen molar-refractivity contribution in [3.05, 3.63) is 45.4 Å². The van der Waals surface area contributed by atoms with E-state index in [-0.39, 0.29) is 10.8 Å². The largest absolute Gasteiger partial charge is 0.377 e. The van der Waals surface area contributed by atoms with E-state index in [4.69, 9.17) is 11.4 Å². The van der Waals surface area contributed by atoms with Crippen molar-refractivity contribution in [1.29, 1.82) is 0 Å². The Morgan fingerprint density at radius 1 is 1.12 bits per heavy atom. The van der Waals surface area contributed by atoms with Crippen molar-refractivity contribution < 1.29 is 5.11 Å². The number of aromatic nitrogens is 1. The molecule has 0 radical (unpaired) electrons. The Labute approximate surface area is 203 Å². The fourth-order valence-electron chi connectivity index (χ4n) is 7.85. The third-order valence-corrected chi connectivity index (χ3v) is 11.5. The molecule has 166 valence electrons. The number of aliphatic hydroxyl groups is 1. The summed E-state index contributed by atoms with van der Waals surface area (Å²) < 4.78 is 1.10. The van der Waals surface area contributed by atoms with Gasteiger partial charge in [0.1, 0.15) is 10.6 Å². The van der Waals surface area contributed by atoms with E-state index in [1.807, 2.05) is 11.3 Å². The molecule has 0 unspecified atom stereocenters. The Kier molecular flexibility index (Phi) is 4.66. The molecule has 6 rings (SSSR count). The van der Waals surface area contributed by atoms with Crippen molar-refractivity contribution in [3.8, 4) is 22.9 Å². The molecule has 2 aromatic rings. The van der Waals surface area contributed by atoms with Gasteiger partial charge in [-0.3, -0.25) is 0 Å². The van der Waals surface area contributed by atoms with Crippen LogP contribution in [0.15, 0.2) is 34.8 Å². The summed E-state index contributed by atoms with van der Waals surface area (Å²) in [4.78, 5) is 6.50. The SMILES string of the molecule is C#C[C@]1(O)CC[C@H]2[C@@H]3CC=C4c5sc(-c6ccc(Br)cc6)nc5CC[C@]4(C)[C@H]3CC[C@@]21C. The molecular weight excluding hydrogens is 478 g/mol. The van der Waals surface area contributed by atoms with Crippen molar-refractivity contribution in [2.75, 3.05) is 0 Å². The molecule has 6 atom stereocenters. The van der Waals surface area contributed by atoms with E-state index in [1.54, 1.807) is 5.57 Å². The number of nitrogens with zero attached hydrogens (tertiary/aromatic N) is 1. The summed E-state index contributed by atoms with van der Waals surface area (Å²) in [5.41, 5.74) is 3.19. The maximum Gasteiger partial charge on any atom is 0.130 e. The molecule has 1 aromatic carbocycles. The number of thiazole rings is 1. The molecule has 4 aliphatic rings. The molecule has 1 heterocycles. The van der Waals surface area contributed by atoms with Crippen LogP contribution in [0, 0.1) is 40.9 Å². The van der Waals surface area contributed by atoms with Crippen LogP contribution in [-0.4, -0.2) is 15.7 Å². The van der Waals surface area contributed by atoms with E-state index in [9.17, 15) is 5.11 Å². The Morgan fingerprint density at radius 3 is 2.62 bits per heavy atom. The van der Waals surface area contributed by atoms with Crippen LogP contribution in [0.4, 0.5) is 0 Å². The van der Waals surface area contributed by atoms with Gasteiger partial charge in [-0.25, -0.2) is 4.98 Å². The zero-order chi connectivity index (χ0) is 22.3. The minimum absolute atomic E-state index is 0.135. The van der Waals surface area contributed by atoms with Crippen molar-refractivity contribution in [1.82, 2.24) is 4.98 Å². The van der Waals surface area contributed by atoms with Crippen LogP contribution in [0.1, 0.15) is 62.9 Å². The topological polar surface area (TPSA) is 33.1 Å². The minimum atomic E-state index is -0.926. The third-order valence-electron chi connectivity index (χ3n) is 9.77. The summed E-state index contributed by atoms with van der Waals surface area (Å²) in [5.74, 6) is 4.64. The molecule has 2 saturated carbocycles. The molecule has 0 saturated heterocycles. The maximum absolute atomic E-state index is 11.2. The van der Waals surface area contributed by atoms with Crippen molar-refractivity contribution in [2.45, 2.75) is 64.4 Å². The molecule has 1 aromatic heterocycles.